The van der Waals surface area contributed by atoms with Crippen LogP contribution in [0.3, 0.4) is 0 Å². The molecule has 2 amide bonds. The third-order valence-electron chi connectivity index (χ3n) is 3.85. The highest BCUT2D eigenvalue weighted by molar-refractivity contribution is 6.39. The summed E-state index contributed by atoms with van der Waals surface area (Å²) in [7, 11) is 0. The zero-order valence-corrected chi connectivity index (χ0v) is 12.5. The van der Waals surface area contributed by atoms with Gasteiger partial charge >= 0.3 is 11.8 Å². The molecule has 0 bridgehead atoms. The number of carbonyl (C=O) groups is 2. The lowest BCUT2D eigenvalue weighted by Crippen LogP contribution is -2.38. The molecule has 0 aliphatic heterocycles. The van der Waals surface area contributed by atoms with Crippen molar-refractivity contribution in [2.24, 2.45) is 5.92 Å². The highest BCUT2D eigenvalue weighted by atomic mass is 16.5. The summed E-state index contributed by atoms with van der Waals surface area (Å²) >= 11 is 0. The molecule has 1 aromatic heterocycles. The van der Waals surface area contributed by atoms with Crippen molar-refractivity contribution in [1.82, 2.24) is 10.5 Å². The first-order valence-corrected chi connectivity index (χ1v) is 7.67. The summed E-state index contributed by atoms with van der Waals surface area (Å²) in [5.41, 5.74) is 0. The Morgan fingerprint density at radius 2 is 1.86 bits per heavy atom. The maximum atomic E-state index is 11.8. The van der Waals surface area contributed by atoms with E-state index in [1.54, 1.807) is 13.0 Å². The monoisotopic (exact) mass is 293 g/mol. The molecule has 1 fully saturated rings. The van der Waals surface area contributed by atoms with Crippen LogP contribution in [0, 0.1) is 12.8 Å². The molecule has 21 heavy (non-hydrogen) atoms. The van der Waals surface area contributed by atoms with E-state index in [1.807, 2.05) is 0 Å². The maximum absolute atomic E-state index is 11.8. The fourth-order valence-corrected chi connectivity index (χ4v) is 2.66. The van der Waals surface area contributed by atoms with Crippen LogP contribution in [-0.4, -0.2) is 23.5 Å². The van der Waals surface area contributed by atoms with Gasteiger partial charge in [0.1, 0.15) is 5.76 Å². The molecule has 0 spiro atoms. The molecule has 1 saturated carbocycles. The van der Waals surface area contributed by atoms with Gasteiger partial charge in [-0.1, -0.05) is 37.3 Å². The van der Waals surface area contributed by atoms with Gasteiger partial charge in [0.15, 0.2) is 5.82 Å². The number of aromatic nitrogens is 1. The van der Waals surface area contributed by atoms with Crippen LogP contribution in [0.4, 0.5) is 5.82 Å². The number of nitrogens with zero attached hydrogens (tertiary/aromatic N) is 1. The summed E-state index contributed by atoms with van der Waals surface area (Å²) in [6.45, 7) is 2.29. The Balaban J connectivity index is 1.73. The summed E-state index contributed by atoms with van der Waals surface area (Å²) in [4.78, 5) is 23.5. The quantitative estimate of drug-likeness (QED) is 0.838. The number of hydrogen-bond acceptors (Lipinski definition) is 4. The van der Waals surface area contributed by atoms with Crippen LogP contribution in [0.25, 0.3) is 0 Å². The van der Waals surface area contributed by atoms with Gasteiger partial charge in [-0.15, -0.1) is 0 Å². The zero-order valence-electron chi connectivity index (χ0n) is 12.5. The van der Waals surface area contributed by atoms with E-state index in [0.29, 0.717) is 18.2 Å². The van der Waals surface area contributed by atoms with Gasteiger partial charge in [-0.05, 0) is 25.7 Å². The second-order valence-electron chi connectivity index (χ2n) is 5.70. The first-order valence-electron chi connectivity index (χ1n) is 7.67. The second-order valence-corrected chi connectivity index (χ2v) is 5.70. The summed E-state index contributed by atoms with van der Waals surface area (Å²) in [6, 6.07) is 1.57. The largest absolute Gasteiger partial charge is 0.360 e. The number of rotatable bonds is 3. The van der Waals surface area contributed by atoms with Gasteiger partial charge in [0.05, 0.1) is 0 Å². The maximum Gasteiger partial charge on any atom is 0.314 e. The molecule has 0 atom stereocenters. The van der Waals surface area contributed by atoms with E-state index in [2.05, 4.69) is 15.8 Å². The standard InChI is InChI=1S/C15H23N3O3/c1-11-9-13(18-21-11)17-15(20)14(19)16-10-12-7-5-3-2-4-6-8-12/h9,12H,2-8,10H2,1H3,(H,16,19)(H,17,18,20). The minimum atomic E-state index is -0.700. The van der Waals surface area contributed by atoms with Crippen molar-refractivity contribution in [3.05, 3.63) is 11.8 Å². The highest BCUT2D eigenvalue weighted by Crippen LogP contribution is 2.21. The zero-order chi connectivity index (χ0) is 15.1. The molecule has 1 aliphatic carbocycles. The van der Waals surface area contributed by atoms with Crippen LogP contribution in [0.15, 0.2) is 10.6 Å². The van der Waals surface area contributed by atoms with Crippen molar-refractivity contribution >= 4 is 17.6 Å². The normalized spacial score (nSPS) is 16.8. The molecule has 6 heteroatoms. The van der Waals surface area contributed by atoms with E-state index >= 15 is 0 Å². The Morgan fingerprint density at radius 3 is 2.48 bits per heavy atom. The van der Waals surface area contributed by atoms with E-state index < -0.39 is 11.8 Å². The van der Waals surface area contributed by atoms with Gasteiger partial charge in [-0.3, -0.25) is 14.9 Å². The average Bonchev–Trinajstić information content (AvgIpc) is 2.82. The van der Waals surface area contributed by atoms with Crippen molar-refractivity contribution in [3.63, 3.8) is 0 Å². The fraction of sp³-hybridized carbons (Fsp3) is 0.667. The molecule has 6 nitrogen and oxygen atoms in total. The molecule has 0 radical (unpaired) electrons. The Morgan fingerprint density at radius 1 is 1.19 bits per heavy atom. The minimum absolute atomic E-state index is 0.263. The van der Waals surface area contributed by atoms with E-state index in [4.69, 9.17) is 4.52 Å². The van der Waals surface area contributed by atoms with Crippen molar-refractivity contribution in [1.29, 1.82) is 0 Å². The first-order chi connectivity index (χ1) is 10.1. The predicted molar refractivity (Wildman–Crippen MR) is 78.7 cm³/mol. The lowest BCUT2D eigenvalue weighted by molar-refractivity contribution is -0.136. The molecule has 0 unspecified atom stereocenters. The van der Waals surface area contributed by atoms with Gasteiger partial charge in [-0.25, -0.2) is 0 Å². The summed E-state index contributed by atoms with van der Waals surface area (Å²) in [6.07, 6.45) is 8.55. The SMILES string of the molecule is Cc1cc(NC(=O)C(=O)NCC2CCCCCCC2)no1. The summed E-state index contributed by atoms with van der Waals surface area (Å²) in [5.74, 6) is 0.0158. The predicted octanol–water partition coefficient (Wildman–Crippen LogP) is 2.40. The van der Waals surface area contributed by atoms with Crippen molar-refractivity contribution in [2.45, 2.75) is 51.9 Å². The number of aryl methyl sites for hydroxylation is 1. The molecule has 2 N–H and O–H groups in total. The van der Waals surface area contributed by atoms with Crippen LogP contribution < -0.4 is 10.6 Å². The number of anilines is 1. The lowest BCUT2D eigenvalue weighted by atomic mass is 9.91. The number of nitrogens with one attached hydrogen (secondary N) is 2. The molecule has 116 valence electrons. The Hall–Kier alpha value is -1.85. The average molecular weight is 293 g/mol. The van der Waals surface area contributed by atoms with Crippen molar-refractivity contribution < 1.29 is 14.1 Å². The molecule has 0 saturated heterocycles. The first kappa shape index (κ1) is 15.5. The van der Waals surface area contributed by atoms with E-state index in [-0.39, 0.29) is 5.82 Å². The molecule has 1 aliphatic rings. The molecular weight excluding hydrogens is 270 g/mol. The minimum Gasteiger partial charge on any atom is -0.360 e. The Labute approximate surface area is 124 Å². The second kappa shape index (κ2) is 7.81. The smallest absolute Gasteiger partial charge is 0.314 e. The number of hydrogen-bond donors (Lipinski definition) is 2. The van der Waals surface area contributed by atoms with Gasteiger partial charge < -0.3 is 9.84 Å². The topological polar surface area (TPSA) is 84.2 Å². The lowest BCUT2D eigenvalue weighted by Gasteiger charge is -2.19. The molecule has 1 heterocycles. The van der Waals surface area contributed by atoms with Crippen LogP contribution in [0.1, 0.15) is 50.7 Å². The third-order valence-corrected chi connectivity index (χ3v) is 3.85. The van der Waals surface area contributed by atoms with Crippen LogP contribution in [-0.2, 0) is 9.59 Å². The third kappa shape index (κ3) is 5.21. The summed E-state index contributed by atoms with van der Waals surface area (Å²) in [5, 5.41) is 8.76. The van der Waals surface area contributed by atoms with Gasteiger partial charge in [-0.2, -0.15) is 0 Å². The van der Waals surface area contributed by atoms with Crippen molar-refractivity contribution in [3.8, 4) is 0 Å². The van der Waals surface area contributed by atoms with Gasteiger partial charge in [0.25, 0.3) is 0 Å². The van der Waals surface area contributed by atoms with E-state index in [1.165, 1.54) is 32.1 Å². The molecule has 0 aromatic carbocycles. The Bertz CT molecular complexity index is 476. The number of carbonyl (C=O) groups excluding carboxylic acids is 2. The highest BCUT2D eigenvalue weighted by Gasteiger charge is 2.18. The Kier molecular flexibility index (Phi) is 5.78. The van der Waals surface area contributed by atoms with Crippen LogP contribution in [0.5, 0.6) is 0 Å². The number of amides is 2. The van der Waals surface area contributed by atoms with Gasteiger partial charge in [0, 0.05) is 12.6 Å². The van der Waals surface area contributed by atoms with E-state index in [9.17, 15) is 9.59 Å². The summed E-state index contributed by atoms with van der Waals surface area (Å²) < 4.78 is 4.83. The molecule has 2 rings (SSSR count). The molecular formula is C15H23N3O3. The van der Waals surface area contributed by atoms with Gasteiger partial charge in [0.2, 0.25) is 0 Å². The molecule has 1 aromatic rings. The van der Waals surface area contributed by atoms with Crippen molar-refractivity contribution in [2.75, 3.05) is 11.9 Å². The van der Waals surface area contributed by atoms with Crippen LogP contribution in [0.2, 0.25) is 0 Å². The fourth-order valence-electron chi connectivity index (χ4n) is 2.66. The van der Waals surface area contributed by atoms with E-state index in [0.717, 1.165) is 12.8 Å². The van der Waals surface area contributed by atoms with Crippen LogP contribution >= 0.6 is 0 Å².